The summed E-state index contributed by atoms with van der Waals surface area (Å²) in [6.07, 6.45) is 4.39. The number of nitrogens with zero attached hydrogens (tertiary/aromatic N) is 6. The summed E-state index contributed by atoms with van der Waals surface area (Å²) in [5, 5.41) is 22.8. The third-order valence-electron chi connectivity index (χ3n) is 5.38. The van der Waals surface area contributed by atoms with Crippen LogP contribution in [0.1, 0.15) is 0 Å². The zero-order chi connectivity index (χ0) is 25.6. The fraction of sp³-hybridized carbons (Fsp3) is 0.222. The van der Waals surface area contributed by atoms with E-state index in [1.54, 1.807) is 22.9 Å². The minimum atomic E-state index is -1.56. The van der Waals surface area contributed by atoms with Crippen molar-refractivity contribution in [2.75, 3.05) is 18.3 Å². The number of rotatable bonds is 5. The summed E-state index contributed by atoms with van der Waals surface area (Å²) in [6, 6.07) is 2.10. The maximum Gasteiger partial charge on any atom is 0.292 e. The first-order valence-corrected chi connectivity index (χ1v) is 12.0. The number of aromatic nitrogens is 3. The molecule has 0 bridgehead atoms. The van der Waals surface area contributed by atoms with Gasteiger partial charge in [-0.3, -0.25) is 14.5 Å². The van der Waals surface area contributed by atoms with Gasteiger partial charge < -0.3 is 31.5 Å². The van der Waals surface area contributed by atoms with Gasteiger partial charge in [-0.2, -0.15) is 4.83 Å². The average molecular weight is 537 g/mol. The molecule has 18 heteroatoms. The van der Waals surface area contributed by atoms with Crippen LogP contribution in [0.5, 0.6) is 0 Å². The van der Waals surface area contributed by atoms with Crippen LogP contribution in [-0.4, -0.2) is 67.2 Å². The molecule has 0 aromatic heterocycles. The lowest BCUT2D eigenvalue weighted by Gasteiger charge is -2.50. The van der Waals surface area contributed by atoms with E-state index in [1.807, 2.05) is 0 Å². The van der Waals surface area contributed by atoms with E-state index in [1.165, 1.54) is 28.8 Å². The summed E-state index contributed by atoms with van der Waals surface area (Å²) >= 11 is 2.21. The molecule has 0 aromatic rings. The third-order valence-corrected chi connectivity index (χ3v) is 7.27. The largest absolute Gasteiger partial charge is 0.543 e. The SMILES string of the molecule is NC1=CN(/C(=N\OCF)C(=O)N[C@@H]2C(=O)N3C(C(=O)[O-])=C(n4ccc(N)[n+]5nccc4-5)CS[C@H]23)NS1. The van der Waals surface area contributed by atoms with E-state index in [0.29, 0.717) is 16.7 Å². The van der Waals surface area contributed by atoms with Crippen molar-refractivity contribution in [3.8, 4) is 5.82 Å². The van der Waals surface area contributed by atoms with Crippen LogP contribution in [-0.2, 0) is 19.2 Å². The molecule has 1 fully saturated rings. The fourth-order valence-electron chi connectivity index (χ4n) is 3.85. The Balaban J connectivity index is 1.41. The van der Waals surface area contributed by atoms with Gasteiger partial charge in [-0.15, -0.1) is 21.5 Å². The Bertz CT molecular complexity index is 1330. The lowest BCUT2D eigenvalue weighted by atomic mass is 10.0. The van der Waals surface area contributed by atoms with Crippen LogP contribution in [0.15, 0.2) is 46.6 Å². The molecule has 6 N–H and O–H groups in total. The normalized spacial score (nSPS) is 21.9. The number of amides is 2. The number of hydrogen-bond donors (Lipinski definition) is 4. The number of alkyl halides is 1. The molecule has 0 aromatic carbocycles. The second-order valence-corrected chi connectivity index (χ2v) is 9.37. The van der Waals surface area contributed by atoms with Gasteiger partial charge in [-0.05, 0) is 11.9 Å². The molecule has 5 heterocycles. The highest BCUT2D eigenvalue weighted by Crippen LogP contribution is 2.41. The molecular formula is C18H17FN10O5S2. The number of fused-ring (bicyclic) bond motifs is 2. The fourth-order valence-corrected chi connectivity index (χ4v) is 5.69. The second-order valence-electron chi connectivity index (χ2n) is 7.40. The van der Waals surface area contributed by atoms with Gasteiger partial charge >= 0.3 is 0 Å². The molecule has 5 aliphatic heterocycles. The predicted octanol–water partition coefficient (Wildman–Crippen LogP) is -3.02. The number of carboxylic acids is 1. The number of thioether (sulfide) groups is 1. The number of nitrogens with one attached hydrogen (secondary N) is 2. The maximum atomic E-state index is 13.0. The van der Waals surface area contributed by atoms with Crippen LogP contribution in [0.2, 0.25) is 0 Å². The number of anilines is 1. The van der Waals surface area contributed by atoms with E-state index in [0.717, 1.165) is 21.9 Å². The van der Waals surface area contributed by atoms with Crippen LogP contribution in [0.3, 0.4) is 0 Å². The predicted molar refractivity (Wildman–Crippen MR) is 122 cm³/mol. The zero-order valence-electron chi connectivity index (χ0n) is 18.0. The average Bonchev–Trinajstić information content (AvgIpc) is 3.52. The molecule has 5 rings (SSSR count). The highest BCUT2D eigenvalue weighted by Gasteiger charge is 2.54. The zero-order valence-corrected chi connectivity index (χ0v) is 19.7. The van der Waals surface area contributed by atoms with Gasteiger partial charge in [0.2, 0.25) is 5.82 Å². The molecule has 188 valence electrons. The highest BCUT2D eigenvalue weighted by molar-refractivity contribution is 8.01. The van der Waals surface area contributed by atoms with Gasteiger partial charge in [0.25, 0.3) is 30.3 Å². The lowest BCUT2D eigenvalue weighted by Crippen LogP contribution is -2.72. The van der Waals surface area contributed by atoms with E-state index in [4.69, 9.17) is 11.5 Å². The van der Waals surface area contributed by atoms with Crippen molar-refractivity contribution in [3.05, 3.63) is 41.5 Å². The molecule has 15 nitrogen and oxygen atoms in total. The first-order chi connectivity index (χ1) is 17.3. The minimum Gasteiger partial charge on any atom is -0.543 e. The number of oxime groups is 1. The smallest absolute Gasteiger partial charge is 0.292 e. The van der Waals surface area contributed by atoms with Gasteiger partial charge in [0.05, 0.1) is 30.3 Å². The Labute approximate surface area is 210 Å². The van der Waals surface area contributed by atoms with E-state index in [2.05, 4.69) is 25.2 Å². The number of carbonyl (C=O) groups excluding carboxylic acids is 3. The Morgan fingerprint density at radius 2 is 2.22 bits per heavy atom. The van der Waals surface area contributed by atoms with E-state index < -0.39 is 41.9 Å². The quantitative estimate of drug-likeness (QED) is 0.0754. The second kappa shape index (κ2) is 9.21. The molecule has 36 heavy (non-hydrogen) atoms. The van der Waals surface area contributed by atoms with Gasteiger partial charge in [0.1, 0.15) is 27.8 Å². The topological polar surface area (TPSA) is 200 Å². The third kappa shape index (κ3) is 3.84. The molecule has 5 aliphatic rings. The van der Waals surface area contributed by atoms with Crippen LogP contribution in [0.4, 0.5) is 10.2 Å². The van der Waals surface area contributed by atoms with Gasteiger partial charge in [-0.1, -0.05) is 5.16 Å². The van der Waals surface area contributed by atoms with Crippen molar-refractivity contribution in [1.82, 2.24) is 29.7 Å². The van der Waals surface area contributed by atoms with Crippen molar-refractivity contribution >= 4 is 58.8 Å². The van der Waals surface area contributed by atoms with E-state index >= 15 is 0 Å². The van der Waals surface area contributed by atoms with Crippen molar-refractivity contribution in [2.45, 2.75) is 11.4 Å². The number of nitrogens with two attached hydrogens (primary N) is 2. The minimum absolute atomic E-state index is 0.162. The van der Waals surface area contributed by atoms with Gasteiger partial charge in [0.15, 0.2) is 0 Å². The number of β-lactam (4-membered cyclic amide) rings is 1. The summed E-state index contributed by atoms with van der Waals surface area (Å²) in [5.41, 5.74) is 11.5. The summed E-state index contributed by atoms with van der Waals surface area (Å²) in [6.45, 7) is -1.29. The molecule has 1 saturated heterocycles. The van der Waals surface area contributed by atoms with Crippen LogP contribution < -0.4 is 31.4 Å². The van der Waals surface area contributed by atoms with E-state index in [-0.39, 0.29) is 17.1 Å². The molecule has 0 saturated carbocycles. The summed E-state index contributed by atoms with van der Waals surface area (Å²) in [5.74, 6) is -2.55. The monoisotopic (exact) mass is 536 g/mol. The number of halogens is 1. The first-order valence-electron chi connectivity index (χ1n) is 10.1. The number of hydrazine groups is 1. The summed E-state index contributed by atoms with van der Waals surface area (Å²) in [4.78, 5) is 46.1. The standard InChI is InChI=1S/C18H17FN10O5S2/c19-7-34-24-14(27-5-10(21)36-25-27)15(30)23-12-16(31)28-13(18(32)33)8(6-35-17(12)28)26-4-2-9(20)29-11(26)1-3-22-29/h1-5,12,17,20,25H,6-7,21H2,(H2,23,30,32,33)/b24-14-/t12-,17-/m1/s1. The molecule has 0 aliphatic carbocycles. The molecule has 0 spiro atoms. The van der Waals surface area contributed by atoms with Crippen molar-refractivity contribution < 1.29 is 33.4 Å². The number of carboxylic acid groups (broad SMARTS) is 1. The van der Waals surface area contributed by atoms with Gasteiger partial charge in [0, 0.05) is 12.1 Å². The lowest BCUT2D eigenvalue weighted by molar-refractivity contribution is -0.645. The van der Waals surface area contributed by atoms with Crippen LogP contribution in [0, 0.1) is 0 Å². The van der Waals surface area contributed by atoms with E-state index in [9.17, 15) is 23.9 Å². The molecule has 0 radical (unpaired) electrons. The van der Waals surface area contributed by atoms with Crippen LogP contribution in [0.25, 0.3) is 11.5 Å². The molecule has 2 amide bonds. The summed E-state index contributed by atoms with van der Waals surface area (Å²) < 4.78 is 15.5. The number of amidine groups is 1. The Morgan fingerprint density at radius 1 is 1.42 bits per heavy atom. The highest BCUT2D eigenvalue weighted by atomic mass is 32.2. The number of hydrogen-bond acceptors (Lipinski definition) is 12. The molecular weight excluding hydrogens is 519 g/mol. The Morgan fingerprint density at radius 3 is 2.92 bits per heavy atom. The Kier molecular flexibility index (Phi) is 6.06. The maximum absolute atomic E-state index is 13.0. The van der Waals surface area contributed by atoms with Crippen molar-refractivity contribution in [1.29, 1.82) is 0 Å². The van der Waals surface area contributed by atoms with Gasteiger partial charge in [-0.25, -0.2) is 14.0 Å². The molecule has 0 unspecified atom stereocenters. The van der Waals surface area contributed by atoms with Crippen LogP contribution >= 0.6 is 23.7 Å². The summed E-state index contributed by atoms with van der Waals surface area (Å²) in [7, 11) is 0. The number of aliphatic carboxylic acids is 1. The number of nitrogen functional groups attached to an aromatic ring is 1. The van der Waals surface area contributed by atoms with Crippen molar-refractivity contribution in [2.24, 2.45) is 10.9 Å². The molecule has 2 atom stereocenters. The Hall–Kier alpha value is -4.03. The van der Waals surface area contributed by atoms with Crippen molar-refractivity contribution in [3.63, 3.8) is 0 Å². The number of carbonyl (C=O) groups is 3. The first kappa shape index (κ1) is 23.7.